The smallest absolute Gasteiger partial charge is 0.256 e. The molecule has 0 spiro atoms. The molecule has 2 aromatic rings. The number of likely N-dealkylation sites (N-methyl/N-ethyl adjacent to an activating group) is 1. The number of hydrogen-bond donors (Lipinski definition) is 0. The van der Waals surface area contributed by atoms with E-state index < -0.39 is 0 Å². The molecule has 138 valence electrons. The molecule has 0 saturated carbocycles. The number of morpholine rings is 1. The van der Waals surface area contributed by atoms with E-state index in [0.717, 1.165) is 44.2 Å². The zero-order chi connectivity index (χ0) is 17.9. The van der Waals surface area contributed by atoms with Crippen molar-refractivity contribution in [2.24, 2.45) is 0 Å². The minimum Gasteiger partial charge on any atom is -0.488 e. The maximum atomic E-state index is 12.7. The number of amides is 1. The topological polar surface area (TPSA) is 55.2 Å². The average Bonchev–Trinajstić information content (AvgIpc) is 3.28. The van der Waals surface area contributed by atoms with Crippen LogP contribution in [0.1, 0.15) is 21.7 Å². The average molecular weight is 356 g/mol. The van der Waals surface area contributed by atoms with Crippen molar-refractivity contribution in [1.82, 2.24) is 9.80 Å². The van der Waals surface area contributed by atoms with Crippen LogP contribution in [0.5, 0.6) is 5.75 Å². The van der Waals surface area contributed by atoms with Crippen LogP contribution in [0.4, 0.5) is 0 Å². The van der Waals surface area contributed by atoms with E-state index in [-0.39, 0.29) is 12.0 Å². The van der Waals surface area contributed by atoms with Crippen LogP contribution < -0.4 is 4.74 Å². The first-order valence-corrected chi connectivity index (χ1v) is 9.06. The Hall–Kier alpha value is -2.31. The predicted molar refractivity (Wildman–Crippen MR) is 96.3 cm³/mol. The first kappa shape index (κ1) is 17.1. The largest absolute Gasteiger partial charge is 0.488 e. The molecule has 26 heavy (non-hydrogen) atoms. The maximum absolute atomic E-state index is 12.7. The van der Waals surface area contributed by atoms with E-state index in [9.17, 15) is 4.79 Å². The van der Waals surface area contributed by atoms with Gasteiger partial charge in [-0.1, -0.05) is 18.2 Å². The molecule has 6 nitrogen and oxygen atoms in total. The van der Waals surface area contributed by atoms with Crippen molar-refractivity contribution in [3.05, 3.63) is 53.5 Å². The number of hydrogen-bond acceptors (Lipinski definition) is 5. The number of carbonyl (C=O) groups is 1. The van der Waals surface area contributed by atoms with Crippen molar-refractivity contribution in [3.63, 3.8) is 0 Å². The molecule has 1 aromatic heterocycles. The third-order valence-corrected chi connectivity index (χ3v) is 4.92. The van der Waals surface area contributed by atoms with Crippen molar-refractivity contribution < 1.29 is 18.7 Å². The molecule has 0 N–H and O–H groups in total. The Morgan fingerprint density at radius 1 is 1.27 bits per heavy atom. The molecule has 1 amide bonds. The number of furan rings is 1. The molecule has 1 fully saturated rings. The Bertz CT molecular complexity index is 742. The van der Waals surface area contributed by atoms with E-state index in [1.54, 1.807) is 11.2 Å². The van der Waals surface area contributed by atoms with Crippen molar-refractivity contribution >= 4 is 5.91 Å². The Balaban J connectivity index is 1.32. The molecule has 1 atom stereocenters. The fourth-order valence-electron chi connectivity index (χ4n) is 3.52. The van der Waals surface area contributed by atoms with Crippen molar-refractivity contribution in [2.45, 2.75) is 19.1 Å². The van der Waals surface area contributed by atoms with Gasteiger partial charge in [-0.2, -0.15) is 0 Å². The molecule has 0 aliphatic carbocycles. The summed E-state index contributed by atoms with van der Waals surface area (Å²) in [4.78, 5) is 16.7. The second-order valence-corrected chi connectivity index (χ2v) is 6.93. The Morgan fingerprint density at radius 3 is 2.88 bits per heavy atom. The molecule has 2 aliphatic rings. The summed E-state index contributed by atoms with van der Waals surface area (Å²) in [5.41, 5.74) is 1.79. The maximum Gasteiger partial charge on any atom is 0.256 e. The van der Waals surface area contributed by atoms with Crippen molar-refractivity contribution in [2.75, 3.05) is 39.9 Å². The summed E-state index contributed by atoms with van der Waals surface area (Å²) >= 11 is 0. The lowest BCUT2D eigenvalue weighted by atomic mass is 10.1. The molecule has 2 aliphatic heterocycles. The standard InChI is InChI=1S/C20H24N2O4/c1-21(12-18-10-15-4-2-3-5-19(15)26-18)20(23)16-11-17(25-14-16)13-22-6-8-24-9-7-22/h2-5,11,14,18H,6-10,12-13H2,1H3/t18-/m1/s1. The molecular weight excluding hydrogens is 332 g/mol. The Kier molecular flexibility index (Phi) is 4.95. The second-order valence-electron chi connectivity index (χ2n) is 6.93. The molecule has 3 heterocycles. The fraction of sp³-hybridized carbons (Fsp3) is 0.450. The SMILES string of the molecule is CN(C[C@H]1Cc2ccccc2O1)C(=O)c1coc(CN2CCOCC2)c1. The van der Waals surface area contributed by atoms with Gasteiger partial charge in [0.2, 0.25) is 0 Å². The number of nitrogens with zero attached hydrogens (tertiary/aromatic N) is 2. The monoisotopic (exact) mass is 356 g/mol. The van der Waals surface area contributed by atoms with Gasteiger partial charge < -0.3 is 18.8 Å². The van der Waals surface area contributed by atoms with Gasteiger partial charge in [0.1, 0.15) is 23.9 Å². The Morgan fingerprint density at radius 2 is 2.08 bits per heavy atom. The lowest BCUT2D eigenvalue weighted by Gasteiger charge is -2.25. The van der Waals surface area contributed by atoms with E-state index in [2.05, 4.69) is 11.0 Å². The summed E-state index contributed by atoms with van der Waals surface area (Å²) in [6.45, 7) is 4.55. The predicted octanol–water partition coefficient (Wildman–Crippen LogP) is 2.19. The van der Waals surface area contributed by atoms with Crippen LogP contribution in [0.3, 0.4) is 0 Å². The third kappa shape index (κ3) is 3.76. The van der Waals surface area contributed by atoms with Crippen molar-refractivity contribution in [1.29, 1.82) is 0 Å². The number of ether oxygens (including phenoxy) is 2. The van der Waals surface area contributed by atoms with Crippen LogP contribution >= 0.6 is 0 Å². The third-order valence-electron chi connectivity index (χ3n) is 4.92. The Labute approximate surface area is 153 Å². The van der Waals surface area contributed by atoms with Crippen LogP contribution in [-0.2, 0) is 17.7 Å². The zero-order valence-corrected chi connectivity index (χ0v) is 15.0. The number of benzene rings is 1. The van der Waals surface area contributed by atoms with E-state index in [4.69, 9.17) is 13.9 Å². The first-order chi connectivity index (χ1) is 12.7. The highest BCUT2D eigenvalue weighted by Gasteiger charge is 2.26. The molecule has 4 rings (SSSR count). The summed E-state index contributed by atoms with van der Waals surface area (Å²) in [6, 6.07) is 9.88. The van der Waals surface area contributed by atoms with Gasteiger partial charge in [0.05, 0.1) is 31.9 Å². The summed E-state index contributed by atoms with van der Waals surface area (Å²) < 4.78 is 16.9. The summed E-state index contributed by atoms with van der Waals surface area (Å²) in [5, 5.41) is 0. The number of rotatable bonds is 5. The molecule has 6 heteroatoms. The van der Waals surface area contributed by atoms with Gasteiger partial charge in [-0.15, -0.1) is 0 Å². The van der Waals surface area contributed by atoms with Gasteiger partial charge in [-0.3, -0.25) is 9.69 Å². The second kappa shape index (κ2) is 7.51. The van der Waals surface area contributed by atoms with Gasteiger partial charge in [0, 0.05) is 26.6 Å². The van der Waals surface area contributed by atoms with Crippen LogP contribution in [0.15, 0.2) is 41.0 Å². The number of para-hydroxylation sites is 1. The lowest BCUT2D eigenvalue weighted by Crippen LogP contribution is -2.36. The minimum atomic E-state index is -0.0402. The van der Waals surface area contributed by atoms with E-state index in [1.807, 2.05) is 31.3 Å². The highest BCUT2D eigenvalue weighted by molar-refractivity contribution is 5.93. The van der Waals surface area contributed by atoms with Crippen LogP contribution in [0.2, 0.25) is 0 Å². The number of carbonyl (C=O) groups excluding carboxylic acids is 1. The molecule has 0 bridgehead atoms. The normalized spacial score (nSPS) is 19.8. The molecule has 1 saturated heterocycles. The quantitative estimate of drug-likeness (QED) is 0.822. The summed E-state index contributed by atoms with van der Waals surface area (Å²) in [5.74, 6) is 1.70. The van der Waals surface area contributed by atoms with E-state index in [1.165, 1.54) is 5.56 Å². The number of fused-ring (bicyclic) bond motifs is 1. The molecule has 0 radical (unpaired) electrons. The van der Waals surface area contributed by atoms with Gasteiger partial charge in [-0.05, 0) is 17.7 Å². The lowest BCUT2D eigenvalue weighted by molar-refractivity contribution is 0.0313. The molecule has 1 aromatic carbocycles. The summed E-state index contributed by atoms with van der Waals surface area (Å²) in [6.07, 6.45) is 2.39. The van der Waals surface area contributed by atoms with Crippen LogP contribution in [0.25, 0.3) is 0 Å². The highest BCUT2D eigenvalue weighted by atomic mass is 16.5. The highest BCUT2D eigenvalue weighted by Crippen LogP contribution is 2.28. The van der Waals surface area contributed by atoms with Crippen LogP contribution in [-0.4, -0.2) is 61.7 Å². The van der Waals surface area contributed by atoms with Gasteiger partial charge >= 0.3 is 0 Å². The van der Waals surface area contributed by atoms with Gasteiger partial charge in [-0.25, -0.2) is 0 Å². The minimum absolute atomic E-state index is 0.000992. The zero-order valence-electron chi connectivity index (χ0n) is 15.0. The van der Waals surface area contributed by atoms with E-state index in [0.29, 0.717) is 18.7 Å². The van der Waals surface area contributed by atoms with E-state index >= 15 is 0 Å². The van der Waals surface area contributed by atoms with Gasteiger partial charge in [0.15, 0.2) is 0 Å². The summed E-state index contributed by atoms with van der Waals surface area (Å²) in [7, 11) is 1.81. The fourth-order valence-corrected chi connectivity index (χ4v) is 3.52. The van der Waals surface area contributed by atoms with Gasteiger partial charge in [0.25, 0.3) is 5.91 Å². The molecular formula is C20H24N2O4. The van der Waals surface area contributed by atoms with Crippen LogP contribution in [0, 0.1) is 0 Å². The molecule has 0 unspecified atom stereocenters. The van der Waals surface area contributed by atoms with Crippen molar-refractivity contribution in [3.8, 4) is 5.75 Å². The first-order valence-electron chi connectivity index (χ1n) is 9.06.